The summed E-state index contributed by atoms with van der Waals surface area (Å²) in [5.74, 6) is -0.0421. The van der Waals surface area contributed by atoms with Gasteiger partial charge >= 0.3 is 0 Å². The molecule has 0 aliphatic rings. The molecular weight excluding hydrogens is 228 g/mol. The van der Waals surface area contributed by atoms with Gasteiger partial charge in [0.1, 0.15) is 0 Å². The van der Waals surface area contributed by atoms with Crippen molar-refractivity contribution in [3.05, 3.63) is 29.3 Å². The van der Waals surface area contributed by atoms with Crippen molar-refractivity contribution in [1.29, 1.82) is 0 Å². The van der Waals surface area contributed by atoms with E-state index in [0.717, 1.165) is 24.3 Å². The quantitative estimate of drug-likeness (QED) is 0.729. The molecule has 4 heteroatoms. The minimum atomic E-state index is -0.0421. The van der Waals surface area contributed by atoms with E-state index in [2.05, 4.69) is 10.6 Å². The van der Waals surface area contributed by atoms with Crippen LogP contribution in [0.5, 0.6) is 0 Å². The van der Waals surface area contributed by atoms with Crippen molar-refractivity contribution in [3.63, 3.8) is 0 Å². The first-order valence-electron chi connectivity index (χ1n) is 6.33. The Bertz CT molecular complexity index is 391. The summed E-state index contributed by atoms with van der Waals surface area (Å²) in [7, 11) is 1.82. The fraction of sp³-hybridized carbons (Fsp3) is 0.500. The van der Waals surface area contributed by atoms with Gasteiger partial charge in [0.25, 0.3) is 5.91 Å². The van der Waals surface area contributed by atoms with E-state index >= 15 is 0 Å². The molecule has 0 spiro atoms. The Morgan fingerprint density at radius 3 is 2.83 bits per heavy atom. The SMILES string of the molecule is CCOCCCNC(=O)c1cc(C)ccc1NC. The van der Waals surface area contributed by atoms with E-state index in [1.807, 2.05) is 39.1 Å². The summed E-state index contributed by atoms with van der Waals surface area (Å²) in [6, 6.07) is 5.80. The number of rotatable bonds is 7. The monoisotopic (exact) mass is 250 g/mol. The molecule has 0 fully saturated rings. The Balaban J connectivity index is 2.52. The number of anilines is 1. The second-order valence-corrected chi connectivity index (χ2v) is 4.11. The Labute approximate surface area is 109 Å². The maximum absolute atomic E-state index is 12.0. The van der Waals surface area contributed by atoms with E-state index < -0.39 is 0 Å². The predicted molar refractivity (Wildman–Crippen MR) is 74.2 cm³/mol. The van der Waals surface area contributed by atoms with E-state index in [9.17, 15) is 4.79 Å². The largest absolute Gasteiger partial charge is 0.387 e. The third-order valence-electron chi connectivity index (χ3n) is 2.64. The number of aryl methyl sites for hydroxylation is 1. The molecule has 0 aromatic heterocycles. The van der Waals surface area contributed by atoms with Crippen molar-refractivity contribution in [2.75, 3.05) is 32.1 Å². The standard InChI is InChI=1S/C14H22N2O2/c1-4-18-9-5-8-16-14(17)12-10-11(2)6-7-13(12)15-3/h6-7,10,15H,4-5,8-9H2,1-3H3,(H,16,17). The number of benzene rings is 1. The molecule has 1 aromatic carbocycles. The number of amides is 1. The first kappa shape index (κ1) is 14.5. The number of carbonyl (C=O) groups is 1. The highest BCUT2D eigenvalue weighted by atomic mass is 16.5. The van der Waals surface area contributed by atoms with Gasteiger partial charge in [-0.1, -0.05) is 11.6 Å². The molecule has 0 bridgehead atoms. The first-order valence-corrected chi connectivity index (χ1v) is 6.33. The van der Waals surface area contributed by atoms with Crippen molar-refractivity contribution in [1.82, 2.24) is 5.32 Å². The highest BCUT2D eigenvalue weighted by molar-refractivity contribution is 5.99. The summed E-state index contributed by atoms with van der Waals surface area (Å²) < 4.78 is 5.22. The summed E-state index contributed by atoms with van der Waals surface area (Å²) in [6.45, 7) is 5.98. The lowest BCUT2D eigenvalue weighted by Crippen LogP contribution is -2.26. The van der Waals surface area contributed by atoms with Gasteiger partial charge in [-0.2, -0.15) is 0 Å². The molecule has 0 saturated carbocycles. The number of ether oxygens (including phenoxy) is 1. The minimum absolute atomic E-state index is 0.0421. The fourth-order valence-electron chi connectivity index (χ4n) is 1.68. The lowest BCUT2D eigenvalue weighted by molar-refractivity contribution is 0.0945. The van der Waals surface area contributed by atoms with Gasteiger partial charge < -0.3 is 15.4 Å². The molecule has 18 heavy (non-hydrogen) atoms. The molecule has 4 nitrogen and oxygen atoms in total. The third kappa shape index (κ3) is 4.37. The van der Waals surface area contributed by atoms with Crippen LogP contribution in [0.1, 0.15) is 29.3 Å². The lowest BCUT2D eigenvalue weighted by Gasteiger charge is -2.10. The molecular formula is C14H22N2O2. The van der Waals surface area contributed by atoms with Crippen LogP contribution >= 0.6 is 0 Å². The predicted octanol–water partition coefficient (Wildman–Crippen LogP) is 2.19. The van der Waals surface area contributed by atoms with E-state index in [-0.39, 0.29) is 5.91 Å². The van der Waals surface area contributed by atoms with E-state index in [0.29, 0.717) is 18.7 Å². The molecule has 0 saturated heterocycles. The van der Waals surface area contributed by atoms with Gasteiger partial charge in [-0.3, -0.25) is 4.79 Å². The van der Waals surface area contributed by atoms with Crippen molar-refractivity contribution in [3.8, 4) is 0 Å². The zero-order valence-electron chi connectivity index (χ0n) is 11.4. The molecule has 0 radical (unpaired) electrons. The molecule has 1 rings (SSSR count). The van der Waals surface area contributed by atoms with Gasteiger partial charge in [0.2, 0.25) is 0 Å². The lowest BCUT2D eigenvalue weighted by atomic mass is 10.1. The smallest absolute Gasteiger partial charge is 0.253 e. The number of hydrogen-bond donors (Lipinski definition) is 2. The van der Waals surface area contributed by atoms with Crippen LogP contribution in [0.2, 0.25) is 0 Å². The van der Waals surface area contributed by atoms with Crippen LogP contribution in [0, 0.1) is 6.92 Å². The Morgan fingerprint density at radius 2 is 2.17 bits per heavy atom. The van der Waals surface area contributed by atoms with Crippen LogP contribution in [0.3, 0.4) is 0 Å². The number of hydrogen-bond acceptors (Lipinski definition) is 3. The maximum atomic E-state index is 12.0. The van der Waals surface area contributed by atoms with Crippen LogP contribution in [-0.4, -0.2) is 32.7 Å². The van der Waals surface area contributed by atoms with Crippen LogP contribution in [0.15, 0.2) is 18.2 Å². The summed E-state index contributed by atoms with van der Waals surface area (Å²) in [5, 5.41) is 5.93. The normalized spacial score (nSPS) is 10.2. The highest BCUT2D eigenvalue weighted by Gasteiger charge is 2.09. The van der Waals surface area contributed by atoms with E-state index in [1.165, 1.54) is 0 Å². The van der Waals surface area contributed by atoms with Crippen molar-refractivity contribution >= 4 is 11.6 Å². The second kappa shape index (κ2) is 7.71. The van der Waals surface area contributed by atoms with E-state index in [1.54, 1.807) is 0 Å². The van der Waals surface area contributed by atoms with Gasteiger partial charge in [-0.15, -0.1) is 0 Å². The second-order valence-electron chi connectivity index (χ2n) is 4.11. The van der Waals surface area contributed by atoms with Gasteiger partial charge in [0, 0.05) is 32.5 Å². The molecule has 0 atom stereocenters. The van der Waals surface area contributed by atoms with Gasteiger partial charge in [0.05, 0.1) is 5.56 Å². The van der Waals surface area contributed by atoms with Crippen molar-refractivity contribution in [2.24, 2.45) is 0 Å². The average Bonchev–Trinajstić information content (AvgIpc) is 2.38. The summed E-state index contributed by atoms with van der Waals surface area (Å²) in [4.78, 5) is 12.0. The third-order valence-corrected chi connectivity index (χ3v) is 2.64. The summed E-state index contributed by atoms with van der Waals surface area (Å²) >= 11 is 0. The Morgan fingerprint density at radius 1 is 1.39 bits per heavy atom. The Hall–Kier alpha value is -1.55. The molecule has 0 aliphatic carbocycles. The molecule has 0 heterocycles. The zero-order valence-corrected chi connectivity index (χ0v) is 11.4. The first-order chi connectivity index (χ1) is 8.69. The molecule has 1 aromatic rings. The summed E-state index contributed by atoms with van der Waals surface area (Å²) in [5.41, 5.74) is 2.62. The highest BCUT2D eigenvalue weighted by Crippen LogP contribution is 2.16. The fourth-order valence-corrected chi connectivity index (χ4v) is 1.68. The summed E-state index contributed by atoms with van der Waals surface area (Å²) in [6.07, 6.45) is 0.834. The van der Waals surface area contributed by atoms with Crippen molar-refractivity contribution < 1.29 is 9.53 Å². The van der Waals surface area contributed by atoms with Gasteiger partial charge in [-0.05, 0) is 32.4 Å². The van der Waals surface area contributed by atoms with Gasteiger partial charge in [-0.25, -0.2) is 0 Å². The topological polar surface area (TPSA) is 50.4 Å². The van der Waals surface area contributed by atoms with Crippen LogP contribution in [-0.2, 0) is 4.74 Å². The molecule has 0 unspecified atom stereocenters. The number of carbonyl (C=O) groups excluding carboxylic acids is 1. The minimum Gasteiger partial charge on any atom is -0.387 e. The van der Waals surface area contributed by atoms with Crippen LogP contribution < -0.4 is 10.6 Å². The zero-order chi connectivity index (χ0) is 13.4. The maximum Gasteiger partial charge on any atom is 0.253 e. The Kier molecular flexibility index (Phi) is 6.22. The van der Waals surface area contributed by atoms with Crippen molar-refractivity contribution in [2.45, 2.75) is 20.3 Å². The average molecular weight is 250 g/mol. The number of nitrogens with one attached hydrogen (secondary N) is 2. The molecule has 2 N–H and O–H groups in total. The van der Waals surface area contributed by atoms with Crippen LogP contribution in [0.25, 0.3) is 0 Å². The van der Waals surface area contributed by atoms with Gasteiger partial charge in [0.15, 0.2) is 0 Å². The molecule has 100 valence electrons. The molecule has 1 amide bonds. The van der Waals surface area contributed by atoms with E-state index in [4.69, 9.17) is 4.74 Å². The molecule has 0 aliphatic heterocycles. The van der Waals surface area contributed by atoms with Crippen LogP contribution in [0.4, 0.5) is 5.69 Å².